The zero-order valence-corrected chi connectivity index (χ0v) is 13.2. The molecule has 2 rings (SSSR count). The van der Waals surface area contributed by atoms with E-state index in [9.17, 15) is 8.42 Å². The van der Waals surface area contributed by atoms with Crippen molar-refractivity contribution in [2.24, 2.45) is 7.05 Å². The molecule has 0 spiro atoms. The molecule has 1 aliphatic heterocycles. The first-order valence-corrected chi connectivity index (χ1v) is 8.08. The van der Waals surface area contributed by atoms with E-state index in [1.54, 1.807) is 25.6 Å². The lowest BCUT2D eigenvalue weighted by atomic mass is 10.3. The molecule has 0 bridgehead atoms. The Balaban J connectivity index is 2.30. The normalized spacial score (nSPS) is 21.3. The van der Waals surface area contributed by atoms with Crippen LogP contribution in [0.15, 0.2) is 4.90 Å². The first-order valence-electron chi connectivity index (χ1n) is 6.64. The van der Waals surface area contributed by atoms with E-state index in [-0.39, 0.29) is 6.10 Å². The highest BCUT2D eigenvalue weighted by molar-refractivity contribution is 7.89. The Morgan fingerprint density at radius 2 is 2.15 bits per heavy atom. The number of aryl methyl sites for hydroxylation is 2. The van der Waals surface area contributed by atoms with E-state index in [0.29, 0.717) is 42.5 Å². The summed E-state index contributed by atoms with van der Waals surface area (Å²) in [5.74, 6) is 0. The molecular formula is C12H22N4O3S. The van der Waals surface area contributed by atoms with E-state index >= 15 is 0 Å². The number of morpholine rings is 1. The molecule has 0 amide bonds. The highest BCUT2D eigenvalue weighted by Crippen LogP contribution is 2.24. The number of nitrogens with zero attached hydrogens (tertiary/aromatic N) is 3. The number of hydrogen-bond donors (Lipinski definition) is 1. The number of rotatable bonds is 4. The molecule has 1 unspecified atom stereocenters. The Kier molecular flexibility index (Phi) is 4.48. The average Bonchev–Trinajstić information content (AvgIpc) is 2.64. The summed E-state index contributed by atoms with van der Waals surface area (Å²) in [6.07, 6.45) is -0.110. The maximum absolute atomic E-state index is 12.8. The van der Waals surface area contributed by atoms with Crippen LogP contribution >= 0.6 is 0 Å². The number of ether oxygens (including phenoxy) is 1. The topological polar surface area (TPSA) is 76.5 Å². The van der Waals surface area contributed by atoms with Crippen molar-refractivity contribution < 1.29 is 13.2 Å². The maximum atomic E-state index is 12.8. The Bertz CT molecular complexity index is 580. The minimum Gasteiger partial charge on any atom is -0.374 e. The monoisotopic (exact) mass is 302 g/mol. The summed E-state index contributed by atoms with van der Waals surface area (Å²) in [6.45, 7) is 5.32. The molecule has 7 nitrogen and oxygen atoms in total. The van der Waals surface area contributed by atoms with Crippen LogP contribution in [-0.2, 0) is 21.8 Å². The molecule has 2 heterocycles. The van der Waals surface area contributed by atoms with Crippen molar-refractivity contribution in [2.45, 2.75) is 24.8 Å². The summed E-state index contributed by atoms with van der Waals surface area (Å²) in [6, 6.07) is 0. The minimum atomic E-state index is -3.51. The molecule has 1 saturated heterocycles. The van der Waals surface area contributed by atoms with Gasteiger partial charge in [0.1, 0.15) is 4.90 Å². The molecule has 1 aliphatic rings. The second-order valence-electron chi connectivity index (χ2n) is 5.04. The summed E-state index contributed by atoms with van der Waals surface area (Å²) in [4.78, 5) is 0.324. The molecular weight excluding hydrogens is 280 g/mol. The molecule has 20 heavy (non-hydrogen) atoms. The van der Waals surface area contributed by atoms with Gasteiger partial charge in [0.05, 0.1) is 24.1 Å². The van der Waals surface area contributed by atoms with Crippen LogP contribution in [0.2, 0.25) is 0 Å². The second-order valence-corrected chi connectivity index (χ2v) is 6.91. The largest absolute Gasteiger partial charge is 0.374 e. The molecule has 1 atom stereocenters. The molecule has 8 heteroatoms. The smallest absolute Gasteiger partial charge is 0.246 e. The Labute approximate surface area is 120 Å². The highest BCUT2D eigenvalue weighted by Gasteiger charge is 2.34. The van der Waals surface area contributed by atoms with Crippen LogP contribution in [-0.4, -0.2) is 61.9 Å². The third-order valence-electron chi connectivity index (χ3n) is 3.57. The fourth-order valence-electron chi connectivity index (χ4n) is 2.52. The fraction of sp³-hybridized carbons (Fsp3) is 0.750. The van der Waals surface area contributed by atoms with Crippen LogP contribution < -0.4 is 5.32 Å². The maximum Gasteiger partial charge on any atom is 0.246 e. The Hall–Kier alpha value is -0.960. The van der Waals surface area contributed by atoms with Crippen molar-refractivity contribution >= 4 is 10.0 Å². The van der Waals surface area contributed by atoms with Crippen LogP contribution in [0.5, 0.6) is 0 Å². The molecule has 1 fully saturated rings. The number of aromatic nitrogens is 2. The zero-order chi connectivity index (χ0) is 14.9. The highest BCUT2D eigenvalue weighted by atomic mass is 32.2. The van der Waals surface area contributed by atoms with E-state index < -0.39 is 10.0 Å². The number of hydrogen-bond acceptors (Lipinski definition) is 5. The zero-order valence-electron chi connectivity index (χ0n) is 12.4. The van der Waals surface area contributed by atoms with Gasteiger partial charge in [0, 0.05) is 26.7 Å². The van der Waals surface area contributed by atoms with Crippen molar-refractivity contribution in [3.05, 3.63) is 11.4 Å². The van der Waals surface area contributed by atoms with Gasteiger partial charge in [0.15, 0.2) is 0 Å². The standard InChI is InChI=1S/C12H22N4O3S/c1-9-12(10(2)15(4)14-9)20(17,18)16-5-6-19-11(8-16)7-13-3/h11,13H,5-8H2,1-4H3. The SMILES string of the molecule is CNCC1CN(S(=O)(=O)c2c(C)nn(C)c2C)CCO1. The van der Waals surface area contributed by atoms with E-state index in [4.69, 9.17) is 4.74 Å². The van der Waals surface area contributed by atoms with Gasteiger partial charge in [-0.15, -0.1) is 0 Å². The second kappa shape index (κ2) is 5.80. The van der Waals surface area contributed by atoms with E-state index in [1.807, 2.05) is 7.05 Å². The van der Waals surface area contributed by atoms with Crippen molar-refractivity contribution in [2.75, 3.05) is 33.3 Å². The first kappa shape index (κ1) is 15.4. The van der Waals surface area contributed by atoms with Crippen LogP contribution in [0, 0.1) is 13.8 Å². The predicted molar refractivity (Wildman–Crippen MR) is 75.1 cm³/mol. The number of likely N-dealkylation sites (N-methyl/N-ethyl adjacent to an activating group) is 1. The van der Waals surface area contributed by atoms with Gasteiger partial charge in [-0.25, -0.2) is 8.42 Å². The third kappa shape index (κ3) is 2.73. The van der Waals surface area contributed by atoms with Gasteiger partial charge in [0.25, 0.3) is 0 Å². The van der Waals surface area contributed by atoms with Gasteiger partial charge in [0.2, 0.25) is 10.0 Å². The Morgan fingerprint density at radius 1 is 1.45 bits per heavy atom. The van der Waals surface area contributed by atoms with Gasteiger partial charge in [-0.2, -0.15) is 9.40 Å². The Morgan fingerprint density at radius 3 is 2.70 bits per heavy atom. The molecule has 1 aromatic rings. The summed E-state index contributed by atoms with van der Waals surface area (Å²) >= 11 is 0. The summed E-state index contributed by atoms with van der Waals surface area (Å²) in [5, 5.41) is 7.21. The molecule has 0 saturated carbocycles. The lowest BCUT2D eigenvalue weighted by Gasteiger charge is -2.32. The van der Waals surface area contributed by atoms with Crippen molar-refractivity contribution in [1.82, 2.24) is 19.4 Å². The van der Waals surface area contributed by atoms with Gasteiger partial charge >= 0.3 is 0 Å². The molecule has 0 aliphatic carbocycles. The third-order valence-corrected chi connectivity index (χ3v) is 5.69. The number of sulfonamides is 1. The van der Waals surface area contributed by atoms with Crippen LogP contribution in [0.1, 0.15) is 11.4 Å². The number of nitrogens with one attached hydrogen (secondary N) is 1. The van der Waals surface area contributed by atoms with Crippen molar-refractivity contribution in [3.8, 4) is 0 Å². The molecule has 114 valence electrons. The summed E-state index contributed by atoms with van der Waals surface area (Å²) in [5.41, 5.74) is 1.21. The van der Waals surface area contributed by atoms with E-state index in [0.717, 1.165) is 0 Å². The van der Waals surface area contributed by atoms with Crippen LogP contribution in [0.4, 0.5) is 0 Å². The molecule has 1 N–H and O–H groups in total. The van der Waals surface area contributed by atoms with E-state index in [1.165, 1.54) is 4.31 Å². The predicted octanol–water partition coefficient (Wildman–Crippen LogP) is -0.354. The minimum absolute atomic E-state index is 0.110. The van der Waals surface area contributed by atoms with Gasteiger partial charge in [-0.05, 0) is 20.9 Å². The van der Waals surface area contributed by atoms with Crippen LogP contribution in [0.25, 0.3) is 0 Å². The average molecular weight is 302 g/mol. The first-order chi connectivity index (χ1) is 9.37. The van der Waals surface area contributed by atoms with Crippen LogP contribution in [0.3, 0.4) is 0 Å². The van der Waals surface area contributed by atoms with Crippen molar-refractivity contribution in [1.29, 1.82) is 0 Å². The summed E-state index contributed by atoms with van der Waals surface area (Å²) < 4.78 is 34.2. The summed E-state index contributed by atoms with van der Waals surface area (Å²) in [7, 11) is 0.0685. The lowest BCUT2D eigenvalue weighted by Crippen LogP contribution is -2.48. The van der Waals surface area contributed by atoms with Gasteiger partial charge in [-0.1, -0.05) is 0 Å². The van der Waals surface area contributed by atoms with Crippen molar-refractivity contribution in [3.63, 3.8) is 0 Å². The van der Waals surface area contributed by atoms with E-state index in [2.05, 4.69) is 10.4 Å². The van der Waals surface area contributed by atoms with Gasteiger partial charge in [-0.3, -0.25) is 4.68 Å². The molecule has 1 aromatic heterocycles. The quantitative estimate of drug-likeness (QED) is 0.822. The fourth-order valence-corrected chi connectivity index (χ4v) is 4.37. The molecule has 0 radical (unpaired) electrons. The molecule has 0 aromatic carbocycles. The lowest BCUT2D eigenvalue weighted by molar-refractivity contribution is 0.000801. The van der Waals surface area contributed by atoms with Gasteiger partial charge < -0.3 is 10.1 Å².